The molecule has 0 aromatic heterocycles. The zero-order valence-corrected chi connectivity index (χ0v) is 27.9. The number of sulfonamides is 1. The van der Waals surface area contributed by atoms with Gasteiger partial charge < -0.3 is 20.9 Å². The van der Waals surface area contributed by atoms with Crippen molar-refractivity contribution in [2.75, 3.05) is 22.9 Å². The first-order chi connectivity index (χ1) is 21.6. The number of benzene rings is 2. The van der Waals surface area contributed by atoms with Crippen LogP contribution in [0.3, 0.4) is 0 Å². The molecular weight excluding hydrogens is 586 g/mol. The topological polar surface area (TPSA) is 120 Å². The van der Waals surface area contributed by atoms with Gasteiger partial charge >= 0.3 is 0 Å². The Morgan fingerprint density at radius 1 is 0.889 bits per heavy atom. The average Bonchev–Trinajstić information content (AvgIpc) is 3.58. The molecule has 2 amide bonds. The lowest BCUT2D eigenvalue weighted by Gasteiger charge is -2.43. The van der Waals surface area contributed by atoms with Gasteiger partial charge in [-0.2, -0.15) is 0 Å². The molecule has 2 aromatic carbocycles. The Bertz CT molecular complexity index is 1380. The quantitative estimate of drug-likeness (QED) is 0.219. The molecule has 10 heteroatoms. The number of likely N-dealkylation sites (tertiary alicyclic amines) is 1. The molecule has 45 heavy (non-hydrogen) atoms. The van der Waals surface area contributed by atoms with E-state index in [0.29, 0.717) is 13.0 Å². The van der Waals surface area contributed by atoms with Gasteiger partial charge in [0.05, 0.1) is 35.6 Å². The van der Waals surface area contributed by atoms with E-state index in [9.17, 15) is 18.0 Å². The monoisotopic (exact) mass is 637 g/mol. The molecule has 246 valence electrons. The zero-order chi connectivity index (χ0) is 32.0. The van der Waals surface area contributed by atoms with Crippen molar-refractivity contribution in [3.05, 3.63) is 60.2 Å². The van der Waals surface area contributed by atoms with Crippen molar-refractivity contribution in [2.24, 2.45) is 11.8 Å². The van der Waals surface area contributed by atoms with Gasteiger partial charge in [0.1, 0.15) is 11.7 Å². The summed E-state index contributed by atoms with van der Waals surface area (Å²) < 4.78 is 29.1. The third kappa shape index (κ3) is 8.01. The van der Waals surface area contributed by atoms with Crippen LogP contribution in [0, 0.1) is 11.8 Å². The Kier molecular flexibility index (Phi) is 10.7. The van der Waals surface area contributed by atoms with Crippen LogP contribution in [0.2, 0.25) is 0 Å². The maximum absolute atomic E-state index is 14.1. The van der Waals surface area contributed by atoms with Gasteiger partial charge in [0.25, 0.3) is 0 Å². The minimum Gasteiger partial charge on any atom is -0.359 e. The molecule has 2 heterocycles. The predicted molar refractivity (Wildman–Crippen MR) is 180 cm³/mol. The van der Waals surface area contributed by atoms with Crippen LogP contribution >= 0.6 is 0 Å². The van der Waals surface area contributed by atoms with E-state index in [4.69, 9.17) is 0 Å². The molecule has 3 atom stereocenters. The Morgan fingerprint density at radius 2 is 1.51 bits per heavy atom. The van der Waals surface area contributed by atoms with Crippen LogP contribution in [0.25, 0.3) is 0 Å². The standard InChI is InChI=1S/C35H51N5O4S/c1-25(2)21-23-45(43,44)39-31(24-33(41)40-22-13-20-32(40)27-14-7-6-8-15-27)34(42)36-26(3)35(28-16-9-4-5-10-17-28)37-29-18-11-12-19-30(29)38-35/h6-8,11-12,14-15,18-19,25-26,28,31-32,37-39H,4-5,9-10,13,16-17,20-24H2,1-3H3,(H,36,42)/t26?,31-,32+/m0/s1. The van der Waals surface area contributed by atoms with Crippen LogP contribution in [-0.2, 0) is 19.6 Å². The third-order valence-electron chi connectivity index (χ3n) is 9.89. The fourth-order valence-electron chi connectivity index (χ4n) is 7.35. The Labute approximate surface area is 269 Å². The molecule has 0 spiro atoms. The number of nitrogens with one attached hydrogen (secondary N) is 4. The first kappa shape index (κ1) is 33.3. The smallest absolute Gasteiger partial charge is 0.239 e. The molecule has 1 aliphatic carbocycles. The molecule has 2 aromatic rings. The molecule has 1 saturated heterocycles. The fraction of sp³-hybridized carbons (Fsp3) is 0.600. The summed E-state index contributed by atoms with van der Waals surface area (Å²) in [7, 11) is -3.81. The molecule has 5 rings (SSSR count). The number of hydrogen-bond acceptors (Lipinski definition) is 6. The summed E-state index contributed by atoms with van der Waals surface area (Å²) in [5, 5.41) is 10.7. The van der Waals surface area contributed by atoms with Crippen LogP contribution in [0.1, 0.15) is 96.6 Å². The maximum atomic E-state index is 14.1. The van der Waals surface area contributed by atoms with E-state index >= 15 is 0 Å². The van der Waals surface area contributed by atoms with Gasteiger partial charge in [0.2, 0.25) is 21.8 Å². The van der Waals surface area contributed by atoms with Crippen molar-refractivity contribution in [1.29, 1.82) is 0 Å². The van der Waals surface area contributed by atoms with Gasteiger partial charge in [-0.05, 0) is 62.6 Å². The zero-order valence-electron chi connectivity index (χ0n) is 27.1. The third-order valence-corrected chi connectivity index (χ3v) is 11.3. The molecule has 9 nitrogen and oxygen atoms in total. The molecule has 2 fully saturated rings. The van der Waals surface area contributed by atoms with Crippen LogP contribution < -0.4 is 20.7 Å². The second-order valence-corrected chi connectivity index (χ2v) is 15.5. The summed E-state index contributed by atoms with van der Waals surface area (Å²) in [5.74, 6) is -0.358. The number of fused-ring (bicyclic) bond motifs is 1. The Hall–Kier alpha value is -3.11. The van der Waals surface area contributed by atoms with Crippen molar-refractivity contribution < 1.29 is 18.0 Å². The van der Waals surface area contributed by atoms with Crippen molar-refractivity contribution in [3.8, 4) is 0 Å². The molecule has 2 aliphatic heterocycles. The molecule has 0 bridgehead atoms. The summed E-state index contributed by atoms with van der Waals surface area (Å²) >= 11 is 0. The number of carbonyl (C=O) groups is 2. The van der Waals surface area contributed by atoms with Gasteiger partial charge in [-0.25, -0.2) is 13.1 Å². The number of rotatable bonds is 12. The van der Waals surface area contributed by atoms with Gasteiger partial charge in [0.15, 0.2) is 0 Å². The summed E-state index contributed by atoms with van der Waals surface area (Å²) in [6.07, 6.45) is 8.61. The van der Waals surface area contributed by atoms with E-state index in [1.807, 2.05) is 80.3 Å². The predicted octanol–water partition coefficient (Wildman–Crippen LogP) is 5.78. The van der Waals surface area contributed by atoms with Crippen LogP contribution in [0.5, 0.6) is 0 Å². The first-order valence-electron chi connectivity index (χ1n) is 16.9. The van der Waals surface area contributed by atoms with Crippen molar-refractivity contribution in [2.45, 2.75) is 109 Å². The molecule has 0 radical (unpaired) electrons. The first-order valence-corrected chi connectivity index (χ1v) is 18.5. The Morgan fingerprint density at radius 3 is 2.13 bits per heavy atom. The lowest BCUT2D eigenvalue weighted by atomic mass is 9.81. The summed E-state index contributed by atoms with van der Waals surface area (Å²) in [6, 6.07) is 16.3. The van der Waals surface area contributed by atoms with E-state index in [0.717, 1.165) is 55.5 Å². The van der Waals surface area contributed by atoms with Gasteiger partial charge in [0, 0.05) is 12.5 Å². The maximum Gasteiger partial charge on any atom is 0.239 e. The highest BCUT2D eigenvalue weighted by Gasteiger charge is 2.48. The summed E-state index contributed by atoms with van der Waals surface area (Å²) in [4.78, 5) is 29.8. The average molecular weight is 638 g/mol. The van der Waals surface area contributed by atoms with Crippen molar-refractivity contribution >= 4 is 33.2 Å². The van der Waals surface area contributed by atoms with Gasteiger partial charge in [-0.1, -0.05) is 82.0 Å². The van der Waals surface area contributed by atoms with E-state index in [-0.39, 0.29) is 36.0 Å². The molecule has 3 aliphatic rings. The van der Waals surface area contributed by atoms with E-state index in [1.54, 1.807) is 0 Å². The van der Waals surface area contributed by atoms with E-state index in [1.165, 1.54) is 12.8 Å². The SMILES string of the molecule is CC(C)CCS(=O)(=O)N[C@@H](CC(=O)N1CCC[C@@H]1c1ccccc1)C(=O)NC(C)C1(C2CCCCCC2)Nc2ccccc2N1. The highest BCUT2D eigenvalue weighted by atomic mass is 32.2. The highest BCUT2D eigenvalue weighted by Crippen LogP contribution is 2.44. The van der Waals surface area contributed by atoms with E-state index in [2.05, 4.69) is 20.7 Å². The Balaban J connectivity index is 1.38. The van der Waals surface area contributed by atoms with Gasteiger partial charge in [-0.15, -0.1) is 0 Å². The number of para-hydroxylation sites is 2. The molecular formula is C35H51N5O4S. The van der Waals surface area contributed by atoms with Crippen LogP contribution in [-0.4, -0.2) is 55.2 Å². The number of amides is 2. The number of nitrogens with zero attached hydrogens (tertiary/aromatic N) is 1. The number of carbonyl (C=O) groups excluding carboxylic acids is 2. The fourth-order valence-corrected chi connectivity index (χ4v) is 8.87. The summed E-state index contributed by atoms with van der Waals surface area (Å²) in [5.41, 5.74) is 2.40. The largest absolute Gasteiger partial charge is 0.359 e. The lowest BCUT2D eigenvalue weighted by molar-refractivity contribution is -0.135. The van der Waals surface area contributed by atoms with Crippen molar-refractivity contribution in [3.63, 3.8) is 0 Å². The van der Waals surface area contributed by atoms with Crippen LogP contribution in [0.4, 0.5) is 11.4 Å². The second kappa shape index (κ2) is 14.5. The minimum absolute atomic E-state index is 0.0808. The molecule has 1 saturated carbocycles. The number of anilines is 2. The minimum atomic E-state index is -3.81. The van der Waals surface area contributed by atoms with E-state index < -0.39 is 33.7 Å². The molecule has 1 unspecified atom stereocenters. The number of hydrogen-bond donors (Lipinski definition) is 4. The normalized spacial score (nSPS) is 21.3. The lowest BCUT2D eigenvalue weighted by Crippen LogP contribution is -2.64. The van der Waals surface area contributed by atoms with Crippen LogP contribution in [0.15, 0.2) is 54.6 Å². The van der Waals surface area contributed by atoms with Crippen molar-refractivity contribution in [1.82, 2.24) is 14.9 Å². The molecule has 4 N–H and O–H groups in total. The van der Waals surface area contributed by atoms with Gasteiger partial charge in [-0.3, -0.25) is 9.59 Å². The second-order valence-electron chi connectivity index (χ2n) is 13.6. The summed E-state index contributed by atoms with van der Waals surface area (Å²) in [6.45, 7) is 6.50. The highest BCUT2D eigenvalue weighted by molar-refractivity contribution is 7.89.